The Labute approximate surface area is 149 Å². The van der Waals surface area contributed by atoms with Gasteiger partial charge in [0.2, 0.25) is 5.91 Å². The average molecular weight is 356 g/mol. The van der Waals surface area contributed by atoms with Crippen molar-refractivity contribution in [2.75, 3.05) is 33.4 Å². The summed E-state index contributed by atoms with van der Waals surface area (Å²) in [5, 5.41) is 5.28. The summed E-state index contributed by atoms with van der Waals surface area (Å²) in [5.74, 6) is 0.599. The summed E-state index contributed by atoms with van der Waals surface area (Å²) < 4.78 is 13.3. The minimum absolute atomic E-state index is 0.0718. The molecule has 1 aliphatic rings. The van der Waals surface area contributed by atoms with E-state index in [0.717, 1.165) is 22.2 Å². The Bertz CT molecular complexity index is 1050. The Morgan fingerprint density at radius 3 is 2.77 bits per heavy atom. The number of carbonyl (C=O) groups excluding carboxylic acids is 1. The predicted molar refractivity (Wildman–Crippen MR) is 95.6 cm³/mol. The van der Waals surface area contributed by atoms with Crippen LogP contribution in [0.3, 0.4) is 0 Å². The standard InChI is InChI=1S/C18H20N4O4/c1-12-9-13-10-14(25-2)3-4-15(13)22-17(12)19-21(18(22)24)11-16(23)20-5-7-26-8-6-20/h3-4,9-10H,5-8,11H2,1-2H3. The number of aromatic nitrogens is 3. The quantitative estimate of drug-likeness (QED) is 0.694. The lowest BCUT2D eigenvalue weighted by molar-refractivity contribution is -0.136. The molecule has 8 heteroatoms. The third-order valence-corrected chi connectivity index (χ3v) is 4.69. The molecule has 0 saturated carbocycles. The van der Waals surface area contributed by atoms with E-state index in [4.69, 9.17) is 9.47 Å². The summed E-state index contributed by atoms with van der Waals surface area (Å²) in [4.78, 5) is 27.1. The molecule has 4 rings (SSSR count). The molecule has 0 spiro atoms. The number of aryl methyl sites for hydroxylation is 1. The lowest BCUT2D eigenvalue weighted by Crippen LogP contribution is -2.43. The van der Waals surface area contributed by atoms with Gasteiger partial charge >= 0.3 is 5.69 Å². The number of morpholine rings is 1. The number of fused-ring (bicyclic) bond motifs is 3. The molecule has 26 heavy (non-hydrogen) atoms. The number of hydrogen-bond donors (Lipinski definition) is 0. The molecule has 1 fully saturated rings. The van der Waals surface area contributed by atoms with E-state index in [1.807, 2.05) is 25.1 Å². The average Bonchev–Trinajstić information content (AvgIpc) is 2.99. The highest BCUT2D eigenvalue weighted by Gasteiger charge is 2.20. The molecule has 136 valence electrons. The Hall–Kier alpha value is -2.87. The molecule has 8 nitrogen and oxygen atoms in total. The highest BCUT2D eigenvalue weighted by atomic mass is 16.5. The van der Waals surface area contributed by atoms with E-state index >= 15 is 0 Å². The van der Waals surface area contributed by atoms with Gasteiger partial charge in [0.05, 0.1) is 25.8 Å². The molecule has 1 saturated heterocycles. The van der Waals surface area contributed by atoms with Crippen molar-refractivity contribution in [1.82, 2.24) is 19.1 Å². The zero-order valence-corrected chi connectivity index (χ0v) is 14.8. The van der Waals surface area contributed by atoms with Crippen molar-refractivity contribution >= 4 is 22.5 Å². The fourth-order valence-electron chi connectivity index (χ4n) is 3.30. The SMILES string of the molecule is COc1ccc2c(c1)cc(C)c1nn(CC(=O)N3CCOCC3)c(=O)n12. The lowest BCUT2D eigenvalue weighted by Gasteiger charge is -2.26. The topological polar surface area (TPSA) is 78.1 Å². The molecule has 0 bridgehead atoms. The maximum atomic E-state index is 12.9. The van der Waals surface area contributed by atoms with E-state index in [0.29, 0.717) is 32.0 Å². The number of pyridine rings is 1. The van der Waals surface area contributed by atoms with Crippen LogP contribution in [0.4, 0.5) is 0 Å². The molecule has 2 aromatic heterocycles. The van der Waals surface area contributed by atoms with Crippen LogP contribution in [-0.4, -0.2) is 58.4 Å². The molecule has 1 aliphatic heterocycles. The third kappa shape index (κ3) is 2.72. The van der Waals surface area contributed by atoms with Gasteiger partial charge in [-0.3, -0.25) is 4.79 Å². The highest BCUT2D eigenvalue weighted by molar-refractivity contribution is 5.84. The molecule has 3 heterocycles. The first kappa shape index (κ1) is 16.6. The maximum Gasteiger partial charge on any atom is 0.351 e. The molecule has 0 atom stereocenters. The van der Waals surface area contributed by atoms with E-state index in [1.165, 1.54) is 4.68 Å². The zero-order valence-electron chi connectivity index (χ0n) is 14.8. The molecule has 0 unspecified atom stereocenters. The van der Waals surface area contributed by atoms with Gasteiger partial charge in [-0.25, -0.2) is 13.9 Å². The summed E-state index contributed by atoms with van der Waals surface area (Å²) in [7, 11) is 1.61. The van der Waals surface area contributed by atoms with Crippen molar-refractivity contribution in [3.63, 3.8) is 0 Å². The van der Waals surface area contributed by atoms with Crippen LogP contribution in [0.15, 0.2) is 29.1 Å². The fraction of sp³-hybridized carbons (Fsp3) is 0.389. The summed E-state index contributed by atoms with van der Waals surface area (Å²) in [6.45, 7) is 3.96. The smallest absolute Gasteiger partial charge is 0.351 e. The van der Waals surface area contributed by atoms with Crippen LogP contribution < -0.4 is 10.4 Å². The Morgan fingerprint density at radius 1 is 1.27 bits per heavy atom. The monoisotopic (exact) mass is 356 g/mol. The van der Waals surface area contributed by atoms with Gasteiger partial charge in [-0.2, -0.15) is 0 Å². The number of benzene rings is 1. The molecule has 0 aliphatic carbocycles. The number of methoxy groups -OCH3 is 1. The number of rotatable bonds is 3. The first-order valence-corrected chi connectivity index (χ1v) is 8.51. The molecule has 0 N–H and O–H groups in total. The van der Waals surface area contributed by atoms with Crippen LogP contribution in [0.2, 0.25) is 0 Å². The van der Waals surface area contributed by atoms with Gasteiger partial charge in [-0.1, -0.05) is 0 Å². The van der Waals surface area contributed by atoms with Gasteiger partial charge in [0.15, 0.2) is 5.65 Å². The van der Waals surface area contributed by atoms with Crippen LogP contribution >= 0.6 is 0 Å². The summed E-state index contributed by atoms with van der Waals surface area (Å²) in [5.41, 5.74) is 1.84. The van der Waals surface area contributed by atoms with Gasteiger partial charge in [-0.05, 0) is 36.8 Å². The molecule has 3 aromatic rings. The lowest BCUT2D eigenvalue weighted by atomic mass is 10.1. The summed E-state index contributed by atoms with van der Waals surface area (Å²) >= 11 is 0. The minimum Gasteiger partial charge on any atom is -0.497 e. The van der Waals surface area contributed by atoms with E-state index in [-0.39, 0.29) is 18.1 Å². The number of ether oxygens (including phenoxy) is 2. The Balaban J connectivity index is 1.78. The van der Waals surface area contributed by atoms with E-state index in [2.05, 4.69) is 5.10 Å². The first-order chi connectivity index (χ1) is 12.6. The molecule has 0 radical (unpaired) electrons. The molecule has 1 aromatic carbocycles. The van der Waals surface area contributed by atoms with E-state index in [9.17, 15) is 9.59 Å². The maximum absolute atomic E-state index is 12.9. The third-order valence-electron chi connectivity index (χ3n) is 4.69. The Kier molecular flexibility index (Phi) is 4.12. The predicted octanol–water partition coefficient (Wildman–Crippen LogP) is 0.825. The second-order valence-corrected chi connectivity index (χ2v) is 6.34. The van der Waals surface area contributed by atoms with Crippen molar-refractivity contribution in [2.24, 2.45) is 0 Å². The number of hydrogen-bond acceptors (Lipinski definition) is 5. The van der Waals surface area contributed by atoms with Crippen molar-refractivity contribution in [3.8, 4) is 5.75 Å². The molecular weight excluding hydrogens is 336 g/mol. The van der Waals surface area contributed by atoms with Crippen LogP contribution in [-0.2, 0) is 16.1 Å². The van der Waals surface area contributed by atoms with Gasteiger partial charge in [0, 0.05) is 18.5 Å². The fourth-order valence-corrected chi connectivity index (χ4v) is 3.30. The number of nitrogens with zero attached hydrogens (tertiary/aromatic N) is 4. The van der Waals surface area contributed by atoms with Crippen molar-refractivity contribution in [2.45, 2.75) is 13.5 Å². The van der Waals surface area contributed by atoms with Crippen molar-refractivity contribution in [1.29, 1.82) is 0 Å². The summed E-state index contributed by atoms with van der Waals surface area (Å²) in [6, 6.07) is 7.48. The normalized spacial score (nSPS) is 14.9. The second kappa shape index (κ2) is 6.45. The van der Waals surface area contributed by atoms with Gasteiger partial charge in [0.1, 0.15) is 12.3 Å². The second-order valence-electron chi connectivity index (χ2n) is 6.34. The van der Waals surface area contributed by atoms with E-state index < -0.39 is 0 Å². The molecule has 1 amide bonds. The van der Waals surface area contributed by atoms with Gasteiger partial charge < -0.3 is 14.4 Å². The van der Waals surface area contributed by atoms with Gasteiger partial charge in [-0.15, -0.1) is 5.10 Å². The van der Waals surface area contributed by atoms with Crippen LogP contribution in [0.5, 0.6) is 5.75 Å². The van der Waals surface area contributed by atoms with Crippen LogP contribution in [0.1, 0.15) is 5.56 Å². The van der Waals surface area contributed by atoms with Gasteiger partial charge in [0.25, 0.3) is 0 Å². The summed E-state index contributed by atoms with van der Waals surface area (Å²) in [6.07, 6.45) is 0. The highest BCUT2D eigenvalue weighted by Crippen LogP contribution is 2.23. The van der Waals surface area contributed by atoms with E-state index in [1.54, 1.807) is 22.5 Å². The Morgan fingerprint density at radius 2 is 2.04 bits per heavy atom. The van der Waals surface area contributed by atoms with Crippen molar-refractivity contribution < 1.29 is 14.3 Å². The largest absolute Gasteiger partial charge is 0.497 e. The van der Waals surface area contributed by atoms with Crippen LogP contribution in [0.25, 0.3) is 16.6 Å². The van der Waals surface area contributed by atoms with Crippen molar-refractivity contribution in [3.05, 3.63) is 40.3 Å². The first-order valence-electron chi connectivity index (χ1n) is 8.51. The number of carbonyl (C=O) groups is 1. The zero-order chi connectivity index (χ0) is 18.3. The number of amides is 1. The minimum atomic E-state index is -0.319. The molecular formula is C18H20N4O4. The van der Waals surface area contributed by atoms with Crippen LogP contribution in [0, 0.1) is 6.92 Å².